The van der Waals surface area contributed by atoms with Crippen molar-refractivity contribution in [1.82, 2.24) is 4.90 Å². The molecule has 0 heterocycles. The van der Waals surface area contributed by atoms with Crippen molar-refractivity contribution in [3.05, 3.63) is 35.9 Å². The fourth-order valence-corrected chi connectivity index (χ4v) is 1.77. The molecule has 0 spiro atoms. The summed E-state index contributed by atoms with van der Waals surface area (Å²) < 4.78 is 5.32. The first-order valence-corrected chi connectivity index (χ1v) is 6.87. The van der Waals surface area contributed by atoms with Gasteiger partial charge in [-0.25, -0.2) is 0 Å². The van der Waals surface area contributed by atoms with Crippen molar-refractivity contribution in [2.24, 2.45) is 5.73 Å². The minimum atomic E-state index is 0.0331. The van der Waals surface area contributed by atoms with Crippen LogP contribution >= 0.6 is 0 Å². The third-order valence-electron chi connectivity index (χ3n) is 2.78. The molecule has 0 fully saturated rings. The predicted molar refractivity (Wildman–Crippen MR) is 76.6 cm³/mol. The Morgan fingerprint density at radius 3 is 2.68 bits per heavy atom. The number of amides is 1. The number of hydrogen-bond acceptors (Lipinski definition) is 3. The van der Waals surface area contributed by atoms with E-state index in [0.717, 1.165) is 18.4 Å². The molecular weight excluding hydrogens is 240 g/mol. The summed E-state index contributed by atoms with van der Waals surface area (Å²) in [5.41, 5.74) is 6.65. The molecule has 0 saturated carbocycles. The molecule has 0 bridgehead atoms. The molecule has 19 heavy (non-hydrogen) atoms. The summed E-state index contributed by atoms with van der Waals surface area (Å²) in [6.45, 7) is 4.71. The number of nitrogens with zero attached hydrogens (tertiary/aromatic N) is 1. The molecule has 4 nitrogen and oxygen atoms in total. The van der Waals surface area contributed by atoms with Crippen LogP contribution in [0.2, 0.25) is 0 Å². The van der Waals surface area contributed by atoms with Gasteiger partial charge in [0.05, 0.1) is 0 Å². The van der Waals surface area contributed by atoms with Crippen LogP contribution in [0.25, 0.3) is 0 Å². The zero-order valence-corrected chi connectivity index (χ0v) is 11.7. The number of rotatable bonds is 9. The van der Waals surface area contributed by atoms with E-state index in [0.29, 0.717) is 26.2 Å². The lowest BCUT2D eigenvalue weighted by Crippen LogP contribution is -2.35. The Labute approximate surface area is 115 Å². The average Bonchev–Trinajstić information content (AvgIpc) is 2.44. The number of benzene rings is 1. The van der Waals surface area contributed by atoms with Crippen LogP contribution in [0.3, 0.4) is 0 Å². The van der Waals surface area contributed by atoms with Crippen molar-refractivity contribution in [3.63, 3.8) is 0 Å². The van der Waals surface area contributed by atoms with Gasteiger partial charge in [-0.1, -0.05) is 37.3 Å². The van der Waals surface area contributed by atoms with Gasteiger partial charge in [-0.3, -0.25) is 4.79 Å². The molecule has 106 valence electrons. The Bertz CT molecular complexity index is 354. The van der Waals surface area contributed by atoms with Crippen LogP contribution in [0.4, 0.5) is 0 Å². The van der Waals surface area contributed by atoms with E-state index >= 15 is 0 Å². The summed E-state index contributed by atoms with van der Waals surface area (Å²) in [7, 11) is 0. The molecule has 0 aliphatic heterocycles. The van der Waals surface area contributed by atoms with Gasteiger partial charge in [0.1, 0.15) is 6.61 Å². The van der Waals surface area contributed by atoms with Gasteiger partial charge >= 0.3 is 0 Å². The molecule has 1 aromatic rings. The summed E-state index contributed by atoms with van der Waals surface area (Å²) in [6.07, 6.45) is 1.74. The zero-order chi connectivity index (χ0) is 13.9. The normalized spacial score (nSPS) is 10.4. The summed E-state index contributed by atoms with van der Waals surface area (Å²) in [4.78, 5) is 13.9. The molecule has 2 N–H and O–H groups in total. The largest absolute Gasteiger partial charge is 0.372 e. The van der Waals surface area contributed by atoms with E-state index in [-0.39, 0.29) is 12.5 Å². The summed E-state index contributed by atoms with van der Waals surface area (Å²) in [5, 5.41) is 0. The molecule has 0 atom stereocenters. The van der Waals surface area contributed by atoms with Gasteiger partial charge in [0.2, 0.25) is 5.91 Å². The molecule has 0 aliphatic rings. The van der Waals surface area contributed by atoms with Gasteiger partial charge in [-0.2, -0.15) is 0 Å². The maximum atomic E-state index is 12.1. The molecular formula is C15H24N2O2. The molecule has 0 aliphatic carbocycles. The number of hydrogen-bond donors (Lipinski definition) is 1. The Morgan fingerprint density at radius 1 is 1.32 bits per heavy atom. The maximum Gasteiger partial charge on any atom is 0.248 e. The lowest BCUT2D eigenvalue weighted by molar-refractivity contribution is -0.136. The lowest BCUT2D eigenvalue weighted by Gasteiger charge is -2.22. The number of carbonyl (C=O) groups is 1. The smallest absolute Gasteiger partial charge is 0.248 e. The van der Waals surface area contributed by atoms with E-state index in [1.165, 1.54) is 0 Å². The minimum Gasteiger partial charge on any atom is -0.372 e. The third kappa shape index (κ3) is 6.36. The summed E-state index contributed by atoms with van der Waals surface area (Å²) in [6, 6.07) is 9.98. The maximum absolute atomic E-state index is 12.1. The van der Waals surface area contributed by atoms with Crippen molar-refractivity contribution in [2.45, 2.75) is 26.3 Å². The highest BCUT2D eigenvalue weighted by Gasteiger charge is 2.13. The van der Waals surface area contributed by atoms with Crippen molar-refractivity contribution in [2.75, 3.05) is 26.3 Å². The quantitative estimate of drug-likeness (QED) is 0.692. The van der Waals surface area contributed by atoms with E-state index in [4.69, 9.17) is 10.5 Å². The van der Waals surface area contributed by atoms with Gasteiger partial charge in [-0.05, 0) is 24.9 Å². The first-order chi connectivity index (χ1) is 9.27. The molecule has 0 aromatic heterocycles. The summed E-state index contributed by atoms with van der Waals surface area (Å²) in [5.74, 6) is 0.0331. The molecule has 0 radical (unpaired) electrons. The Kier molecular flexibility index (Phi) is 7.86. The van der Waals surface area contributed by atoms with E-state index in [1.54, 1.807) is 0 Å². The average molecular weight is 264 g/mol. The van der Waals surface area contributed by atoms with E-state index < -0.39 is 0 Å². The van der Waals surface area contributed by atoms with E-state index in [9.17, 15) is 4.79 Å². The van der Waals surface area contributed by atoms with Crippen LogP contribution in [-0.2, 0) is 16.1 Å². The molecule has 1 aromatic carbocycles. The minimum absolute atomic E-state index is 0.0331. The Morgan fingerprint density at radius 2 is 2.05 bits per heavy atom. The van der Waals surface area contributed by atoms with E-state index in [1.807, 2.05) is 42.2 Å². The molecule has 4 heteroatoms. The highest BCUT2D eigenvalue weighted by molar-refractivity contribution is 5.77. The zero-order valence-electron chi connectivity index (χ0n) is 11.7. The lowest BCUT2D eigenvalue weighted by atomic mass is 10.2. The molecule has 1 amide bonds. The molecule has 0 unspecified atom stereocenters. The highest BCUT2D eigenvalue weighted by atomic mass is 16.5. The standard InChI is InChI=1S/C15H24N2O2/c1-2-11-19-13-15(18)17(10-6-9-16)12-14-7-4-3-5-8-14/h3-5,7-8H,2,6,9-13,16H2,1H3. The predicted octanol–water partition coefficient (Wildman–Crippen LogP) is 1.79. The van der Waals surface area contributed by atoms with Crippen LogP contribution in [-0.4, -0.2) is 37.1 Å². The van der Waals surface area contributed by atoms with Gasteiger partial charge in [-0.15, -0.1) is 0 Å². The van der Waals surface area contributed by atoms with Crippen molar-refractivity contribution in [3.8, 4) is 0 Å². The van der Waals surface area contributed by atoms with Gasteiger partial charge in [0, 0.05) is 19.7 Å². The monoisotopic (exact) mass is 264 g/mol. The number of carbonyl (C=O) groups excluding carboxylic acids is 1. The highest BCUT2D eigenvalue weighted by Crippen LogP contribution is 2.05. The van der Waals surface area contributed by atoms with Gasteiger partial charge in [0.25, 0.3) is 0 Å². The second-order valence-electron chi connectivity index (χ2n) is 4.50. The number of ether oxygens (including phenoxy) is 1. The first-order valence-electron chi connectivity index (χ1n) is 6.87. The van der Waals surface area contributed by atoms with Crippen LogP contribution in [0, 0.1) is 0 Å². The molecule has 1 rings (SSSR count). The van der Waals surface area contributed by atoms with E-state index in [2.05, 4.69) is 0 Å². The van der Waals surface area contributed by atoms with Crippen molar-refractivity contribution >= 4 is 5.91 Å². The fourth-order valence-electron chi connectivity index (χ4n) is 1.77. The second-order valence-corrected chi connectivity index (χ2v) is 4.50. The number of nitrogens with two attached hydrogens (primary N) is 1. The van der Waals surface area contributed by atoms with Gasteiger partial charge in [0.15, 0.2) is 0 Å². The van der Waals surface area contributed by atoms with Crippen LogP contribution < -0.4 is 5.73 Å². The summed E-state index contributed by atoms with van der Waals surface area (Å²) >= 11 is 0. The fraction of sp³-hybridized carbons (Fsp3) is 0.533. The van der Waals surface area contributed by atoms with Crippen molar-refractivity contribution < 1.29 is 9.53 Å². The first kappa shape index (κ1) is 15.7. The molecule has 0 saturated heterocycles. The van der Waals surface area contributed by atoms with Crippen LogP contribution in [0.5, 0.6) is 0 Å². The van der Waals surface area contributed by atoms with Gasteiger partial charge < -0.3 is 15.4 Å². The topological polar surface area (TPSA) is 55.6 Å². The SMILES string of the molecule is CCCOCC(=O)N(CCCN)Cc1ccccc1. The second kappa shape index (κ2) is 9.53. The van der Waals surface area contributed by atoms with Crippen LogP contribution in [0.1, 0.15) is 25.3 Å². The Balaban J connectivity index is 2.53. The van der Waals surface area contributed by atoms with Crippen molar-refractivity contribution in [1.29, 1.82) is 0 Å². The Hall–Kier alpha value is -1.39. The third-order valence-corrected chi connectivity index (χ3v) is 2.78. The van der Waals surface area contributed by atoms with Crippen LogP contribution in [0.15, 0.2) is 30.3 Å².